The molecule has 0 aromatic heterocycles. The minimum atomic E-state index is -0.582. The first-order valence-corrected chi connectivity index (χ1v) is 14.2. The molecule has 7 rings (SSSR count). The topological polar surface area (TPSA) is 46.5 Å². The summed E-state index contributed by atoms with van der Waals surface area (Å²) in [4.78, 5) is 12.7. The van der Waals surface area contributed by atoms with Crippen LogP contribution in [0.3, 0.4) is 0 Å². The minimum Gasteiger partial charge on any atom is -0.367 e. The van der Waals surface area contributed by atoms with Gasteiger partial charge in [-0.15, -0.1) is 0 Å². The molecule has 11 atom stereocenters. The summed E-state index contributed by atoms with van der Waals surface area (Å²) < 4.78 is 6.17. The van der Waals surface area contributed by atoms with Crippen LogP contribution in [0.25, 0.3) is 0 Å². The number of Topliss-reactive ketones (excluding diaryl/α,β-unsaturated/α-hetero) is 1. The van der Waals surface area contributed by atoms with Crippen LogP contribution in [0.5, 0.6) is 0 Å². The van der Waals surface area contributed by atoms with E-state index < -0.39 is 6.29 Å². The molecule has 2 saturated heterocycles. The maximum Gasteiger partial charge on any atom is 0.160 e. The number of ketones is 1. The summed E-state index contributed by atoms with van der Waals surface area (Å²) in [5, 5.41) is 11.3. The average molecular weight is 457 g/mol. The van der Waals surface area contributed by atoms with Crippen LogP contribution in [0.15, 0.2) is 0 Å². The fourth-order valence-electron chi connectivity index (χ4n) is 11.8. The van der Waals surface area contributed by atoms with Gasteiger partial charge in [0, 0.05) is 17.8 Å². The smallest absolute Gasteiger partial charge is 0.160 e. The third-order valence-electron chi connectivity index (χ3n) is 14.3. The number of aliphatic hydroxyl groups excluding tert-OH is 1. The molecule has 3 nitrogen and oxygen atoms in total. The minimum absolute atomic E-state index is 0.0348. The highest BCUT2D eigenvalue weighted by Gasteiger charge is 2.73. The van der Waals surface area contributed by atoms with Gasteiger partial charge in [-0.3, -0.25) is 4.79 Å². The summed E-state index contributed by atoms with van der Waals surface area (Å²) >= 11 is 0. The molecule has 0 radical (unpaired) electrons. The monoisotopic (exact) mass is 456 g/mol. The summed E-state index contributed by atoms with van der Waals surface area (Å²) in [6.45, 7) is 15.8. The van der Waals surface area contributed by atoms with E-state index >= 15 is 0 Å². The van der Waals surface area contributed by atoms with Crippen molar-refractivity contribution >= 4 is 5.78 Å². The lowest BCUT2D eigenvalue weighted by molar-refractivity contribution is -0.283. The standard InChI is InChI=1S/C30H48O3/c1-19-20(31)7-8-21-26(19,3)10-9-22-27(21,4)12-13-29(6)23-17-25(2)11-15-30(23,24(32)33-18-25)16-14-28(22,29)5/h19,21-24,32H,7-18H2,1-6H3/t19-,21+,22-,23-,24+,25-,26+,27-,28+,29-,30-/m0/s1. The van der Waals surface area contributed by atoms with Gasteiger partial charge in [0.2, 0.25) is 0 Å². The lowest BCUT2D eigenvalue weighted by Crippen LogP contribution is -2.68. The molecule has 2 aliphatic heterocycles. The lowest BCUT2D eigenvalue weighted by atomic mass is 9.30. The van der Waals surface area contributed by atoms with Crippen molar-refractivity contribution in [2.75, 3.05) is 6.61 Å². The maximum absolute atomic E-state index is 12.7. The zero-order chi connectivity index (χ0) is 23.7. The fraction of sp³-hybridized carbons (Fsp3) is 0.967. The number of carbonyl (C=O) groups is 1. The lowest BCUT2D eigenvalue weighted by Gasteiger charge is -2.74. The summed E-state index contributed by atoms with van der Waals surface area (Å²) in [5.74, 6) is 2.69. The Morgan fingerprint density at radius 2 is 1.45 bits per heavy atom. The SMILES string of the molecule is C[C@H]1C(=O)CC[C@@H]2[C@]1(C)CC[C@H]1[C@@]2(C)CC[C@@]2(C)[C@@H]3C[C@]4(C)CC[C@@]3(CC[C@]12C)[C@H](O)OC4. The first-order chi connectivity index (χ1) is 15.3. The predicted octanol–water partition coefficient (Wildman–Crippen LogP) is 6.77. The maximum atomic E-state index is 12.7. The molecule has 7 aliphatic rings. The molecule has 0 amide bonds. The average Bonchev–Trinajstić information content (AvgIpc) is 2.96. The van der Waals surface area contributed by atoms with Gasteiger partial charge in [0.25, 0.3) is 0 Å². The van der Waals surface area contributed by atoms with E-state index in [0.717, 1.165) is 38.2 Å². The van der Waals surface area contributed by atoms with Crippen molar-refractivity contribution in [2.24, 2.45) is 56.2 Å². The van der Waals surface area contributed by atoms with Gasteiger partial charge in [0.15, 0.2) is 6.29 Å². The van der Waals surface area contributed by atoms with Crippen LogP contribution in [0.2, 0.25) is 0 Å². The van der Waals surface area contributed by atoms with E-state index in [1.807, 2.05) is 0 Å². The molecular weight excluding hydrogens is 408 g/mol. The molecule has 7 fully saturated rings. The fourth-order valence-corrected chi connectivity index (χ4v) is 11.8. The van der Waals surface area contributed by atoms with Gasteiger partial charge in [-0.05, 0) is 109 Å². The Bertz CT molecular complexity index is 869. The quantitative estimate of drug-likeness (QED) is 0.438. The second-order valence-corrected chi connectivity index (χ2v) is 15.2. The third kappa shape index (κ3) is 2.58. The number of aliphatic hydroxyl groups is 1. The van der Waals surface area contributed by atoms with E-state index in [0.29, 0.717) is 28.4 Å². The van der Waals surface area contributed by atoms with Crippen molar-refractivity contribution in [3.63, 3.8) is 0 Å². The second kappa shape index (κ2) is 6.67. The largest absolute Gasteiger partial charge is 0.367 e. The number of rotatable bonds is 0. The molecule has 0 aromatic carbocycles. The molecule has 5 aliphatic carbocycles. The zero-order valence-electron chi connectivity index (χ0n) is 22.1. The van der Waals surface area contributed by atoms with Crippen molar-refractivity contribution in [3.05, 3.63) is 0 Å². The van der Waals surface area contributed by atoms with Gasteiger partial charge < -0.3 is 9.84 Å². The van der Waals surface area contributed by atoms with Gasteiger partial charge in [-0.1, -0.05) is 41.5 Å². The van der Waals surface area contributed by atoms with Gasteiger partial charge in [-0.25, -0.2) is 0 Å². The molecule has 0 unspecified atom stereocenters. The van der Waals surface area contributed by atoms with Crippen molar-refractivity contribution in [3.8, 4) is 0 Å². The van der Waals surface area contributed by atoms with Crippen LogP contribution in [0, 0.1) is 56.2 Å². The van der Waals surface area contributed by atoms with E-state index in [9.17, 15) is 9.90 Å². The van der Waals surface area contributed by atoms with Gasteiger partial charge in [-0.2, -0.15) is 0 Å². The molecule has 2 bridgehead atoms. The van der Waals surface area contributed by atoms with Crippen LogP contribution in [0.1, 0.15) is 112 Å². The zero-order valence-corrected chi connectivity index (χ0v) is 22.1. The van der Waals surface area contributed by atoms with Crippen molar-refractivity contribution < 1.29 is 14.6 Å². The summed E-state index contributed by atoms with van der Waals surface area (Å²) in [6.07, 6.45) is 12.3. The van der Waals surface area contributed by atoms with Crippen molar-refractivity contribution in [2.45, 2.75) is 118 Å². The van der Waals surface area contributed by atoms with Gasteiger partial charge >= 0.3 is 0 Å². The van der Waals surface area contributed by atoms with Crippen LogP contribution >= 0.6 is 0 Å². The Kier molecular flexibility index (Phi) is 4.65. The highest BCUT2D eigenvalue weighted by molar-refractivity contribution is 5.82. The van der Waals surface area contributed by atoms with E-state index in [4.69, 9.17) is 4.74 Å². The van der Waals surface area contributed by atoms with Crippen LogP contribution < -0.4 is 0 Å². The molecule has 1 spiro atoms. The molecule has 1 N–H and O–H groups in total. The number of carbonyl (C=O) groups excluding carboxylic acids is 1. The van der Waals surface area contributed by atoms with E-state index in [1.54, 1.807) is 0 Å². The Morgan fingerprint density at radius 1 is 0.788 bits per heavy atom. The highest BCUT2D eigenvalue weighted by atomic mass is 16.6. The first kappa shape index (κ1) is 23.0. The number of fused-ring (bicyclic) bond motifs is 8. The Morgan fingerprint density at radius 3 is 2.21 bits per heavy atom. The van der Waals surface area contributed by atoms with Crippen molar-refractivity contribution in [1.29, 1.82) is 0 Å². The number of hydrogen-bond acceptors (Lipinski definition) is 3. The van der Waals surface area contributed by atoms with Crippen LogP contribution in [0.4, 0.5) is 0 Å². The highest BCUT2D eigenvalue weighted by Crippen LogP contribution is 2.79. The summed E-state index contributed by atoms with van der Waals surface area (Å²) in [7, 11) is 0. The van der Waals surface area contributed by atoms with Crippen LogP contribution in [-0.2, 0) is 9.53 Å². The molecule has 33 heavy (non-hydrogen) atoms. The number of hydrogen-bond donors (Lipinski definition) is 1. The van der Waals surface area contributed by atoms with Crippen molar-refractivity contribution in [1.82, 2.24) is 0 Å². The molecule has 186 valence electrons. The van der Waals surface area contributed by atoms with E-state index in [2.05, 4.69) is 41.5 Å². The molecule has 5 saturated carbocycles. The Hall–Kier alpha value is -0.410. The normalized spacial score (nSPS) is 62.5. The second-order valence-electron chi connectivity index (χ2n) is 15.2. The molecule has 3 heteroatoms. The Labute approximate surface area is 201 Å². The first-order valence-electron chi connectivity index (χ1n) is 14.2. The summed E-state index contributed by atoms with van der Waals surface area (Å²) in [5.41, 5.74) is 1.27. The Balaban J connectivity index is 1.41. The van der Waals surface area contributed by atoms with Gasteiger partial charge in [0.1, 0.15) is 5.78 Å². The van der Waals surface area contributed by atoms with E-state index in [-0.39, 0.29) is 27.6 Å². The summed E-state index contributed by atoms with van der Waals surface area (Å²) in [6, 6.07) is 0. The third-order valence-corrected chi connectivity index (χ3v) is 14.3. The van der Waals surface area contributed by atoms with Crippen LogP contribution in [-0.4, -0.2) is 23.8 Å². The predicted molar refractivity (Wildman–Crippen MR) is 130 cm³/mol. The molecule has 2 heterocycles. The van der Waals surface area contributed by atoms with Gasteiger partial charge in [0.05, 0.1) is 6.61 Å². The molecule has 0 aromatic rings. The number of ether oxygens (including phenoxy) is 1. The molecular formula is C30H48O3. The van der Waals surface area contributed by atoms with E-state index in [1.165, 1.54) is 44.9 Å².